The second kappa shape index (κ2) is 5.53. The lowest BCUT2D eigenvalue weighted by Gasteiger charge is -2.26. The Hall–Kier alpha value is -0.760. The molecule has 88 valence electrons. The number of halogens is 1. The summed E-state index contributed by atoms with van der Waals surface area (Å²) in [6, 6.07) is 3.85. The van der Waals surface area contributed by atoms with Crippen LogP contribution in [0.4, 0.5) is 0 Å². The van der Waals surface area contributed by atoms with E-state index in [0.717, 1.165) is 30.2 Å². The van der Waals surface area contributed by atoms with Crippen LogP contribution in [0.2, 0.25) is 0 Å². The van der Waals surface area contributed by atoms with Crippen molar-refractivity contribution < 1.29 is 4.74 Å². The van der Waals surface area contributed by atoms with E-state index in [0.29, 0.717) is 12.0 Å². The third-order valence-electron chi connectivity index (χ3n) is 3.20. The average molecular weight is 240 g/mol. The van der Waals surface area contributed by atoms with Gasteiger partial charge in [0.1, 0.15) is 6.10 Å². The van der Waals surface area contributed by atoms with Crippen molar-refractivity contribution in [1.82, 2.24) is 4.98 Å². The molecule has 1 aliphatic carbocycles. The molecule has 1 saturated carbocycles. The van der Waals surface area contributed by atoms with E-state index in [4.69, 9.17) is 16.3 Å². The van der Waals surface area contributed by atoms with Crippen molar-refractivity contribution in [3.05, 3.63) is 23.9 Å². The zero-order chi connectivity index (χ0) is 11.4. The number of rotatable bonds is 3. The predicted molar refractivity (Wildman–Crippen MR) is 65.8 cm³/mol. The smallest absolute Gasteiger partial charge is 0.213 e. The Morgan fingerprint density at radius 2 is 2.12 bits per heavy atom. The van der Waals surface area contributed by atoms with Crippen molar-refractivity contribution in [2.45, 2.75) is 44.6 Å². The number of nitrogens with zero attached hydrogens (tertiary/aromatic N) is 1. The van der Waals surface area contributed by atoms with Crippen LogP contribution in [-0.4, -0.2) is 11.1 Å². The maximum atomic E-state index is 5.88. The summed E-state index contributed by atoms with van der Waals surface area (Å²) in [5, 5.41) is 0. The molecule has 2 rings (SSSR count). The van der Waals surface area contributed by atoms with Gasteiger partial charge < -0.3 is 4.74 Å². The average Bonchev–Trinajstić information content (AvgIpc) is 2.32. The van der Waals surface area contributed by atoms with E-state index in [9.17, 15) is 0 Å². The minimum Gasteiger partial charge on any atom is -0.474 e. The Morgan fingerprint density at radius 3 is 2.81 bits per heavy atom. The molecule has 1 aromatic rings. The van der Waals surface area contributed by atoms with Crippen molar-refractivity contribution in [2.75, 3.05) is 0 Å². The second-order valence-electron chi connectivity index (χ2n) is 4.64. The van der Waals surface area contributed by atoms with Crippen molar-refractivity contribution in [3.63, 3.8) is 0 Å². The van der Waals surface area contributed by atoms with Gasteiger partial charge in [0.05, 0.1) is 0 Å². The van der Waals surface area contributed by atoms with Crippen LogP contribution in [0, 0.1) is 5.92 Å². The number of hydrogen-bond donors (Lipinski definition) is 0. The highest BCUT2D eigenvalue weighted by atomic mass is 35.5. The van der Waals surface area contributed by atoms with Crippen LogP contribution in [0.3, 0.4) is 0 Å². The first-order valence-corrected chi connectivity index (χ1v) is 6.49. The van der Waals surface area contributed by atoms with E-state index in [2.05, 4.69) is 11.9 Å². The zero-order valence-corrected chi connectivity index (χ0v) is 10.4. The highest BCUT2D eigenvalue weighted by Crippen LogP contribution is 2.26. The molecule has 1 aromatic heterocycles. The van der Waals surface area contributed by atoms with E-state index in [1.807, 2.05) is 12.1 Å². The first-order chi connectivity index (χ1) is 7.78. The van der Waals surface area contributed by atoms with Gasteiger partial charge in [-0.3, -0.25) is 0 Å². The number of aromatic nitrogens is 1. The van der Waals surface area contributed by atoms with E-state index in [1.54, 1.807) is 6.20 Å². The fourth-order valence-electron chi connectivity index (χ4n) is 2.12. The molecule has 0 aliphatic heterocycles. The van der Waals surface area contributed by atoms with Gasteiger partial charge in [-0.25, -0.2) is 4.98 Å². The Morgan fingerprint density at radius 1 is 1.38 bits per heavy atom. The largest absolute Gasteiger partial charge is 0.474 e. The number of pyridine rings is 1. The fraction of sp³-hybridized carbons (Fsp3) is 0.615. The molecule has 0 unspecified atom stereocenters. The molecule has 2 nitrogen and oxygen atoms in total. The van der Waals surface area contributed by atoms with Crippen LogP contribution >= 0.6 is 11.6 Å². The summed E-state index contributed by atoms with van der Waals surface area (Å²) >= 11 is 5.78. The summed E-state index contributed by atoms with van der Waals surface area (Å²) in [4.78, 5) is 4.22. The van der Waals surface area contributed by atoms with Crippen LogP contribution in [0.5, 0.6) is 5.88 Å². The summed E-state index contributed by atoms with van der Waals surface area (Å²) in [6.07, 6.45) is 6.93. The van der Waals surface area contributed by atoms with Crippen LogP contribution < -0.4 is 4.74 Å². The minimum absolute atomic E-state index is 0.342. The maximum absolute atomic E-state index is 5.88. The van der Waals surface area contributed by atoms with Gasteiger partial charge in [0.15, 0.2) is 0 Å². The Kier molecular flexibility index (Phi) is 4.05. The third-order valence-corrected chi connectivity index (χ3v) is 3.51. The normalized spacial score (nSPS) is 25.4. The number of hydrogen-bond acceptors (Lipinski definition) is 2. The van der Waals surface area contributed by atoms with Gasteiger partial charge in [0, 0.05) is 18.1 Å². The minimum atomic E-state index is 0.342. The molecule has 0 aromatic carbocycles. The quantitative estimate of drug-likeness (QED) is 0.749. The van der Waals surface area contributed by atoms with Gasteiger partial charge in [-0.2, -0.15) is 0 Å². The van der Waals surface area contributed by atoms with Crippen LogP contribution in [0.1, 0.15) is 38.2 Å². The SMILES string of the molecule is CC1CCC(Oc2cc(CCl)ccn2)CC1. The molecule has 1 heterocycles. The predicted octanol–water partition coefficient (Wildman–Crippen LogP) is 3.78. The summed E-state index contributed by atoms with van der Waals surface area (Å²) in [6.45, 7) is 2.31. The van der Waals surface area contributed by atoms with E-state index < -0.39 is 0 Å². The molecule has 0 atom stereocenters. The molecule has 16 heavy (non-hydrogen) atoms. The standard InChI is InChI=1S/C13H18ClNO/c1-10-2-4-12(5-3-10)16-13-8-11(9-14)6-7-15-13/h6-8,10,12H,2-5,9H2,1H3. The lowest BCUT2D eigenvalue weighted by atomic mass is 9.89. The van der Waals surface area contributed by atoms with Gasteiger partial charge in [-0.15, -0.1) is 11.6 Å². The van der Waals surface area contributed by atoms with Crippen LogP contribution in [0.25, 0.3) is 0 Å². The molecule has 0 N–H and O–H groups in total. The molecular formula is C13H18ClNO. The lowest BCUT2D eigenvalue weighted by Crippen LogP contribution is -2.23. The first kappa shape index (κ1) is 11.7. The molecule has 0 amide bonds. The molecule has 3 heteroatoms. The molecule has 0 radical (unpaired) electrons. The van der Waals surface area contributed by atoms with Crippen molar-refractivity contribution in [2.24, 2.45) is 5.92 Å². The third kappa shape index (κ3) is 3.11. The molecule has 0 bridgehead atoms. The Bertz CT molecular complexity index is 334. The summed E-state index contributed by atoms with van der Waals surface area (Å²) < 4.78 is 5.88. The van der Waals surface area contributed by atoms with Crippen LogP contribution in [-0.2, 0) is 5.88 Å². The lowest BCUT2D eigenvalue weighted by molar-refractivity contribution is 0.130. The highest BCUT2D eigenvalue weighted by Gasteiger charge is 2.19. The summed E-state index contributed by atoms with van der Waals surface area (Å²) in [5.41, 5.74) is 1.07. The van der Waals surface area contributed by atoms with E-state index in [-0.39, 0.29) is 0 Å². The van der Waals surface area contributed by atoms with Crippen molar-refractivity contribution in [3.8, 4) is 5.88 Å². The van der Waals surface area contributed by atoms with Gasteiger partial charge >= 0.3 is 0 Å². The number of ether oxygens (including phenoxy) is 1. The van der Waals surface area contributed by atoms with E-state index >= 15 is 0 Å². The van der Waals surface area contributed by atoms with Gasteiger partial charge in [0.2, 0.25) is 5.88 Å². The van der Waals surface area contributed by atoms with Crippen LogP contribution in [0.15, 0.2) is 18.3 Å². The molecule has 1 aliphatic rings. The second-order valence-corrected chi connectivity index (χ2v) is 4.90. The highest BCUT2D eigenvalue weighted by molar-refractivity contribution is 6.17. The Labute approximate surface area is 102 Å². The molecule has 0 spiro atoms. The van der Waals surface area contributed by atoms with Crippen molar-refractivity contribution >= 4 is 11.6 Å². The number of alkyl halides is 1. The van der Waals surface area contributed by atoms with E-state index in [1.165, 1.54) is 12.8 Å². The summed E-state index contributed by atoms with van der Waals surface area (Å²) in [7, 11) is 0. The first-order valence-electron chi connectivity index (χ1n) is 5.95. The molecule has 0 saturated heterocycles. The zero-order valence-electron chi connectivity index (χ0n) is 9.66. The Balaban J connectivity index is 1.93. The van der Waals surface area contributed by atoms with Gasteiger partial charge in [-0.05, 0) is 43.2 Å². The van der Waals surface area contributed by atoms with Crippen molar-refractivity contribution in [1.29, 1.82) is 0 Å². The van der Waals surface area contributed by atoms with Gasteiger partial charge in [-0.1, -0.05) is 6.92 Å². The monoisotopic (exact) mass is 239 g/mol. The molecule has 1 fully saturated rings. The summed E-state index contributed by atoms with van der Waals surface area (Å²) in [5.74, 6) is 2.08. The maximum Gasteiger partial charge on any atom is 0.213 e. The topological polar surface area (TPSA) is 22.1 Å². The van der Waals surface area contributed by atoms with Gasteiger partial charge in [0.25, 0.3) is 0 Å². The fourth-order valence-corrected chi connectivity index (χ4v) is 2.28. The molecular weight excluding hydrogens is 222 g/mol.